The number of carbonyl (C=O) groups is 2. The van der Waals surface area contributed by atoms with Gasteiger partial charge in [-0.05, 0) is 43.2 Å². The van der Waals surface area contributed by atoms with Crippen LogP contribution in [0, 0.1) is 11.8 Å². The molecule has 0 N–H and O–H groups in total. The minimum absolute atomic E-state index is 0.0733. The Bertz CT molecular complexity index is 833. The molecule has 2 bridgehead atoms. The molecule has 7 heteroatoms. The van der Waals surface area contributed by atoms with Crippen LogP contribution in [0.1, 0.15) is 36.0 Å². The van der Waals surface area contributed by atoms with Crippen LogP contribution in [0.4, 0.5) is 5.82 Å². The van der Waals surface area contributed by atoms with E-state index in [1.165, 1.54) is 6.42 Å². The van der Waals surface area contributed by atoms with Gasteiger partial charge in [0.15, 0.2) is 0 Å². The summed E-state index contributed by atoms with van der Waals surface area (Å²) in [5, 5.41) is 0. The second kappa shape index (κ2) is 8.61. The minimum Gasteiger partial charge on any atom is -0.356 e. The van der Waals surface area contributed by atoms with E-state index in [1.807, 2.05) is 23.1 Å². The van der Waals surface area contributed by atoms with E-state index in [-0.39, 0.29) is 5.91 Å². The second-order valence-corrected chi connectivity index (χ2v) is 9.56. The van der Waals surface area contributed by atoms with Gasteiger partial charge in [-0.3, -0.25) is 14.5 Å². The van der Waals surface area contributed by atoms with Crippen LogP contribution < -0.4 is 4.90 Å². The molecule has 5 heterocycles. The molecular weight excluding hydrogens is 390 g/mol. The minimum atomic E-state index is 0.0733. The number of nitrogens with zero attached hydrogens (tertiary/aromatic N) is 5. The number of piperidine rings is 3. The van der Waals surface area contributed by atoms with E-state index in [2.05, 4.69) is 26.3 Å². The van der Waals surface area contributed by atoms with Gasteiger partial charge in [0.25, 0.3) is 5.91 Å². The zero-order chi connectivity index (χ0) is 21.4. The maximum atomic E-state index is 12.9. The van der Waals surface area contributed by atoms with Crippen LogP contribution in [-0.4, -0.2) is 89.9 Å². The van der Waals surface area contributed by atoms with E-state index >= 15 is 0 Å². The van der Waals surface area contributed by atoms with Crippen molar-refractivity contribution in [3.05, 3.63) is 36.5 Å². The van der Waals surface area contributed by atoms with Gasteiger partial charge >= 0.3 is 0 Å². The predicted molar refractivity (Wildman–Crippen MR) is 120 cm³/mol. The van der Waals surface area contributed by atoms with E-state index in [4.69, 9.17) is 0 Å². The average molecular weight is 424 g/mol. The lowest BCUT2D eigenvalue weighted by atomic mass is 9.76. The number of hydrogen-bond acceptors (Lipinski definition) is 5. The van der Waals surface area contributed by atoms with Crippen LogP contribution in [-0.2, 0) is 4.79 Å². The largest absolute Gasteiger partial charge is 0.356 e. The molecule has 0 radical (unpaired) electrons. The number of piperazine rings is 1. The first-order valence-electron chi connectivity index (χ1n) is 11.8. The Morgan fingerprint density at radius 3 is 2.74 bits per heavy atom. The van der Waals surface area contributed by atoms with Crippen LogP contribution in [0.15, 0.2) is 31.0 Å². The third-order valence-corrected chi connectivity index (χ3v) is 7.55. The second-order valence-electron chi connectivity index (χ2n) is 9.56. The molecule has 3 atom stereocenters. The van der Waals surface area contributed by atoms with Crippen LogP contribution in [0.5, 0.6) is 0 Å². The van der Waals surface area contributed by atoms with Crippen molar-refractivity contribution in [3.63, 3.8) is 0 Å². The van der Waals surface area contributed by atoms with Crippen LogP contribution in [0.3, 0.4) is 0 Å². The van der Waals surface area contributed by atoms with Gasteiger partial charge in [0.1, 0.15) is 5.82 Å². The van der Waals surface area contributed by atoms with Crippen molar-refractivity contribution in [1.82, 2.24) is 19.7 Å². The van der Waals surface area contributed by atoms with E-state index in [9.17, 15) is 9.59 Å². The molecule has 4 fully saturated rings. The smallest absolute Gasteiger partial charge is 0.255 e. The number of anilines is 1. The van der Waals surface area contributed by atoms with Crippen molar-refractivity contribution in [2.45, 2.75) is 31.7 Å². The van der Waals surface area contributed by atoms with Gasteiger partial charge in [0.2, 0.25) is 5.91 Å². The molecule has 4 saturated heterocycles. The average Bonchev–Trinajstić information content (AvgIpc) is 2.80. The molecule has 1 aromatic heterocycles. The first kappa shape index (κ1) is 20.5. The number of fused-ring (bicyclic) bond motifs is 4. The van der Waals surface area contributed by atoms with Crippen molar-refractivity contribution in [2.75, 3.05) is 57.3 Å². The number of pyridine rings is 1. The van der Waals surface area contributed by atoms with E-state index < -0.39 is 0 Å². The van der Waals surface area contributed by atoms with Crippen molar-refractivity contribution < 1.29 is 9.59 Å². The Labute approximate surface area is 184 Å². The fourth-order valence-electron chi connectivity index (χ4n) is 6.00. The lowest BCUT2D eigenvalue weighted by Gasteiger charge is -2.52. The van der Waals surface area contributed by atoms with Gasteiger partial charge in [-0.15, -0.1) is 6.58 Å². The summed E-state index contributed by atoms with van der Waals surface area (Å²) in [7, 11) is 0. The molecule has 0 aliphatic carbocycles. The van der Waals surface area contributed by atoms with E-state index in [0.717, 1.165) is 77.4 Å². The zero-order valence-corrected chi connectivity index (χ0v) is 18.3. The van der Waals surface area contributed by atoms with Crippen molar-refractivity contribution in [2.24, 2.45) is 11.8 Å². The Balaban J connectivity index is 1.22. The maximum absolute atomic E-state index is 12.9. The summed E-state index contributed by atoms with van der Waals surface area (Å²) in [6.45, 7) is 10.7. The molecule has 4 aliphatic heterocycles. The third kappa shape index (κ3) is 4.07. The first-order valence-corrected chi connectivity index (χ1v) is 11.8. The predicted octanol–water partition coefficient (Wildman–Crippen LogP) is 1.86. The topological polar surface area (TPSA) is 60.0 Å². The highest BCUT2D eigenvalue weighted by molar-refractivity contribution is 5.94. The summed E-state index contributed by atoms with van der Waals surface area (Å²) in [4.78, 5) is 38.7. The summed E-state index contributed by atoms with van der Waals surface area (Å²) in [6, 6.07) is 4.34. The van der Waals surface area contributed by atoms with Crippen molar-refractivity contribution >= 4 is 17.6 Å². The molecule has 7 nitrogen and oxygen atoms in total. The number of amides is 2. The Hall–Kier alpha value is -2.41. The Morgan fingerprint density at radius 1 is 1.16 bits per heavy atom. The number of rotatable bonds is 4. The summed E-state index contributed by atoms with van der Waals surface area (Å²) in [5.41, 5.74) is 0.669. The molecule has 31 heavy (non-hydrogen) atoms. The number of hydrogen-bond donors (Lipinski definition) is 0. The van der Waals surface area contributed by atoms with Gasteiger partial charge in [0, 0.05) is 71.0 Å². The van der Waals surface area contributed by atoms with Gasteiger partial charge in [-0.25, -0.2) is 4.98 Å². The molecular formula is C24H33N5O2. The summed E-state index contributed by atoms with van der Waals surface area (Å²) < 4.78 is 0. The third-order valence-electron chi connectivity index (χ3n) is 7.55. The standard InChI is InChI=1S/C24H33N5O2/c1-2-8-26-9-11-27(12-10-26)24(31)19-6-7-22(25-14-19)28-15-18-13-20(17-28)21-4-3-5-23(30)29(21)16-18/h2,6-7,14,18,20-21H,1,3-5,8-13,15-17H2/t18-,20-,21-/m1/s1. The van der Waals surface area contributed by atoms with Crippen LogP contribution >= 0.6 is 0 Å². The lowest BCUT2D eigenvalue weighted by Crippen LogP contribution is -2.60. The fourth-order valence-corrected chi connectivity index (χ4v) is 6.00. The highest BCUT2D eigenvalue weighted by atomic mass is 16.2. The molecule has 0 spiro atoms. The van der Waals surface area contributed by atoms with Crippen molar-refractivity contribution in [3.8, 4) is 0 Å². The quantitative estimate of drug-likeness (QED) is 0.692. The SMILES string of the molecule is C=CCN1CCN(C(=O)c2ccc(N3C[C@H]4C[C@H](C3)[C@H]3CCCC(=O)N3C4)nc2)CC1. The molecule has 0 unspecified atom stereocenters. The summed E-state index contributed by atoms with van der Waals surface area (Å²) in [6.07, 6.45) is 7.77. The highest BCUT2D eigenvalue weighted by Crippen LogP contribution is 2.38. The molecule has 0 saturated carbocycles. The molecule has 4 aliphatic rings. The molecule has 166 valence electrons. The lowest BCUT2D eigenvalue weighted by molar-refractivity contribution is -0.142. The zero-order valence-electron chi connectivity index (χ0n) is 18.3. The summed E-state index contributed by atoms with van der Waals surface area (Å²) in [5.74, 6) is 2.44. The normalized spacial score (nSPS) is 29.0. The van der Waals surface area contributed by atoms with Gasteiger partial charge in [0.05, 0.1) is 5.56 Å². The van der Waals surface area contributed by atoms with E-state index in [1.54, 1.807) is 6.20 Å². The Kier molecular flexibility index (Phi) is 5.69. The number of carbonyl (C=O) groups excluding carboxylic acids is 2. The highest BCUT2D eigenvalue weighted by Gasteiger charge is 2.44. The summed E-state index contributed by atoms with van der Waals surface area (Å²) >= 11 is 0. The molecule has 1 aromatic rings. The fraction of sp³-hybridized carbons (Fsp3) is 0.625. The molecule has 0 aromatic carbocycles. The maximum Gasteiger partial charge on any atom is 0.255 e. The van der Waals surface area contributed by atoms with E-state index in [0.29, 0.717) is 29.3 Å². The monoisotopic (exact) mass is 423 g/mol. The number of aromatic nitrogens is 1. The van der Waals surface area contributed by atoms with Crippen LogP contribution in [0.2, 0.25) is 0 Å². The van der Waals surface area contributed by atoms with Gasteiger partial charge < -0.3 is 14.7 Å². The van der Waals surface area contributed by atoms with Crippen molar-refractivity contribution in [1.29, 1.82) is 0 Å². The molecule has 5 rings (SSSR count). The van der Waals surface area contributed by atoms with Gasteiger partial charge in [-0.2, -0.15) is 0 Å². The molecule has 2 amide bonds. The van der Waals surface area contributed by atoms with Crippen LogP contribution in [0.25, 0.3) is 0 Å². The first-order chi connectivity index (χ1) is 15.1. The van der Waals surface area contributed by atoms with Gasteiger partial charge in [-0.1, -0.05) is 6.08 Å². The Morgan fingerprint density at radius 2 is 2.00 bits per heavy atom.